The zero-order valence-electron chi connectivity index (χ0n) is 11.0. The van der Waals surface area contributed by atoms with Crippen molar-refractivity contribution in [2.45, 2.75) is 12.6 Å². The fourth-order valence-electron chi connectivity index (χ4n) is 1.76. The summed E-state index contributed by atoms with van der Waals surface area (Å²) in [5, 5.41) is 36.0. The van der Waals surface area contributed by atoms with Gasteiger partial charge in [0.25, 0.3) is 0 Å². The van der Waals surface area contributed by atoms with Gasteiger partial charge in [-0.15, -0.1) is 0 Å². The first-order chi connectivity index (χ1) is 10.1. The summed E-state index contributed by atoms with van der Waals surface area (Å²) in [6.07, 6.45) is 1.63. The number of nitro groups is 1. The standard InChI is InChI=1S/C13H13N5O3/c14-5-10-2-1-3-11(4-10)15-7-13(19)9-17-8-12(6-16-17)18(20)21/h1-4,6,8,13,15,19H,7,9H2. The minimum absolute atomic E-state index is 0.114. The molecule has 0 saturated carbocycles. The number of hydrogen-bond acceptors (Lipinski definition) is 6. The van der Waals surface area contributed by atoms with Crippen molar-refractivity contribution >= 4 is 11.4 Å². The molecule has 21 heavy (non-hydrogen) atoms. The van der Waals surface area contributed by atoms with E-state index in [9.17, 15) is 15.2 Å². The maximum Gasteiger partial charge on any atom is 0.306 e. The number of nitrogens with zero attached hydrogens (tertiary/aromatic N) is 4. The Morgan fingerprint density at radius 3 is 3.05 bits per heavy atom. The van der Waals surface area contributed by atoms with Crippen LogP contribution in [0.4, 0.5) is 11.4 Å². The van der Waals surface area contributed by atoms with Gasteiger partial charge < -0.3 is 10.4 Å². The number of nitrogens with one attached hydrogen (secondary N) is 1. The van der Waals surface area contributed by atoms with Crippen LogP contribution in [0.2, 0.25) is 0 Å². The van der Waals surface area contributed by atoms with E-state index >= 15 is 0 Å². The summed E-state index contributed by atoms with van der Waals surface area (Å²) >= 11 is 0. The Bertz CT molecular complexity index is 676. The van der Waals surface area contributed by atoms with Gasteiger partial charge in [-0.2, -0.15) is 10.4 Å². The van der Waals surface area contributed by atoms with Gasteiger partial charge in [-0.05, 0) is 18.2 Å². The van der Waals surface area contributed by atoms with E-state index in [4.69, 9.17) is 5.26 Å². The molecule has 0 bridgehead atoms. The Morgan fingerprint density at radius 2 is 2.38 bits per heavy atom. The Balaban J connectivity index is 1.88. The largest absolute Gasteiger partial charge is 0.389 e. The first kappa shape index (κ1) is 14.5. The summed E-state index contributed by atoms with van der Waals surface area (Å²) in [5.74, 6) is 0. The Kier molecular flexibility index (Phi) is 4.48. The summed E-state index contributed by atoms with van der Waals surface area (Å²) in [6.45, 7) is 0.376. The third-order valence-corrected chi connectivity index (χ3v) is 2.76. The van der Waals surface area contributed by atoms with E-state index < -0.39 is 11.0 Å². The van der Waals surface area contributed by atoms with Crippen LogP contribution in [0.1, 0.15) is 5.56 Å². The summed E-state index contributed by atoms with van der Waals surface area (Å²) in [6, 6.07) is 8.91. The number of aliphatic hydroxyl groups excluding tert-OH is 1. The van der Waals surface area contributed by atoms with Gasteiger partial charge in [-0.25, -0.2) is 0 Å². The molecule has 8 heteroatoms. The molecule has 0 aliphatic rings. The maximum atomic E-state index is 10.5. The van der Waals surface area contributed by atoms with Crippen molar-refractivity contribution in [3.05, 3.63) is 52.3 Å². The molecule has 0 fully saturated rings. The molecule has 2 aromatic rings. The monoisotopic (exact) mass is 287 g/mol. The van der Waals surface area contributed by atoms with Crippen molar-refractivity contribution in [2.24, 2.45) is 0 Å². The number of benzene rings is 1. The molecule has 0 amide bonds. The van der Waals surface area contributed by atoms with Crippen LogP contribution in [0.5, 0.6) is 0 Å². The molecule has 0 aliphatic heterocycles. The van der Waals surface area contributed by atoms with Crippen LogP contribution in [0.3, 0.4) is 0 Å². The lowest BCUT2D eigenvalue weighted by Crippen LogP contribution is -2.25. The SMILES string of the molecule is N#Cc1cccc(NCC(O)Cn2cc([N+](=O)[O-])cn2)c1. The summed E-state index contributed by atoms with van der Waals surface area (Å²) in [7, 11) is 0. The lowest BCUT2D eigenvalue weighted by Gasteiger charge is -2.12. The molecule has 1 unspecified atom stereocenters. The van der Waals surface area contributed by atoms with Crippen LogP contribution >= 0.6 is 0 Å². The van der Waals surface area contributed by atoms with E-state index in [1.807, 2.05) is 6.07 Å². The third kappa shape index (κ3) is 4.02. The van der Waals surface area contributed by atoms with Gasteiger partial charge >= 0.3 is 5.69 Å². The highest BCUT2D eigenvalue weighted by Gasteiger charge is 2.11. The molecule has 1 aromatic carbocycles. The van der Waals surface area contributed by atoms with E-state index in [0.717, 1.165) is 11.9 Å². The number of rotatable bonds is 6. The lowest BCUT2D eigenvalue weighted by atomic mass is 10.2. The minimum atomic E-state index is -0.768. The van der Waals surface area contributed by atoms with Crippen LogP contribution in [0.15, 0.2) is 36.7 Å². The molecule has 0 saturated heterocycles. The van der Waals surface area contributed by atoms with Gasteiger partial charge in [0.2, 0.25) is 0 Å². The Hall–Kier alpha value is -2.92. The molecule has 0 radical (unpaired) electrons. The van der Waals surface area contributed by atoms with Crippen molar-refractivity contribution < 1.29 is 10.0 Å². The van der Waals surface area contributed by atoms with E-state index in [-0.39, 0.29) is 18.8 Å². The van der Waals surface area contributed by atoms with Crippen LogP contribution in [-0.4, -0.2) is 32.5 Å². The van der Waals surface area contributed by atoms with Gasteiger partial charge in [-0.1, -0.05) is 6.07 Å². The van der Waals surface area contributed by atoms with Crippen molar-refractivity contribution in [1.29, 1.82) is 5.26 Å². The van der Waals surface area contributed by atoms with Crippen molar-refractivity contribution in [3.8, 4) is 6.07 Å². The normalized spacial score (nSPS) is 11.6. The molecule has 1 heterocycles. The molecule has 8 nitrogen and oxygen atoms in total. The van der Waals surface area contributed by atoms with E-state index in [0.29, 0.717) is 5.56 Å². The highest BCUT2D eigenvalue weighted by atomic mass is 16.6. The lowest BCUT2D eigenvalue weighted by molar-refractivity contribution is -0.385. The van der Waals surface area contributed by atoms with Crippen molar-refractivity contribution in [3.63, 3.8) is 0 Å². The fraction of sp³-hybridized carbons (Fsp3) is 0.231. The Labute approximate surface area is 120 Å². The average Bonchev–Trinajstić information content (AvgIpc) is 2.94. The molecule has 2 rings (SSSR count). The van der Waals surface area contributed by atoms with E-state index in [1.165, 1.54) is 10.9 Å². The number of aliphatic hydroxyl groups is 1. The van der Waals surface area contributed by atoms with Crippen LogP contribution in [-0.2, 0) is 6.54 Å². The number of hydrogen-bond donors (Lipinski definition) is 2. The average molecular weight is 287 g/mol. The minimum Gasteiger partial charge on any atom is -0.389 e. The van der Waals surface area contributed by atoms with Crippen molar-refractivity contribution in [2.75, 3.05) is 11.9 Å². The van der Waals surface area contributed by atoms with Gasteiger partial charge in [0.15, 0.2) is 0 Å². The zero-order chi connectivity index (χ0) is 15.2. The number of nitriles is 1. The quantitative estimate of drug-likeness (QED) is 0.607. The van der Waals surface area contributed by atoms with Crippen LogP contribution < -0.4 is 5.32 Å². The molecule has 108 valence electrons. The predicted octanol–water partition coefficient (Wildman–Crippen LogP) is 1.14. The topological polar surface area (TPSA) is 117 Å². The molecule has 0 spiro atoms. The molecule has 0 aliphatic carbocycles. The fourth-order valence-corrected chi connectivity index (χ4v) is 1.76. The van der Waals surface area contributed by atoms with Crippen LogP contribution in [0.25, 0.3) is 0 Å². The van der Waals surface area contributed by atoms with Gasteiger partial charge in [-0.3, -0.25) is 14.8 Å². The molecule has 1 aromatic heterocycles. The van der Waals surface area contributed by atoms with Gasteiger partial charge in [0.05, 0.1) is 29.2 Å². The maximum absolute atomic E-state index is 10.5. The molecular weight excluding hydrogens is 274 g/mol. The second kappa shape index (κ2) is 6.49. The van der Waals surface area contributed by atoms with Gasteiger partial charge in [0, 0.05) is 12.2 Å². The zero-order valence-corrected chi connectivity index (χ0v) is 11.0. The van der Waals surface area contributed by atoms with Crippen molar-refractivity contribution in [1.82, 2.24) is 9.78 Å². The first-order valence-corrected chi connectivity index (χ1v) is 6.17. The summed E-state index contributed by atoms with van der Waals surface area (Å²) in [5.41, 5.74) is 1.13. The molecule has 1 atom stereocenters. The smallest absolute Gasteiger partial charge is 0.306 e. The number of anilines is 1. The van der Waals surface area contributed by atoms with E-state index in [1.54, 1.807) is 24.3 Å². The van der Waals surface area contributed by atoms with Crippen LogP contribution in [0, 0.1) is 21.4 Å². The number of aromatic nitrogens is 2. The third-order valence-electron chi connectivity index (χ3n) is 2.76. The second-order valence-corrected chi connectivity index (χ2v) is 4.41. The predicted molar refractivity (Wildman–Crippen MR) is 74.5 cm³/mol. The van der Waals surface area contributed by atoms with E-state index in [2.05, 4.69) is 10.4 Å². The highest BCUT2D eigenvalue weighted by Crippen LogP contribution is 2.11. The second-order valence-electron chi connectivity index (χ2n) is 4.41. The first-order valence-electron chi connectivity index (χ1n) is 6.17. The summed E-state index contributed by atoms with van der Waals surface area (Å²) in [4.78, 5) is 9.98. The molecule has 2 N–H and O–H groups in total. The summed E-state index contributed by atoms with van der Waals surface area (Å²) < 4.78 is 1.32. The van der Waals surface area contributed by atoms with Gasteiger partial charge in [0.1, 0.15) is 12.4 Å². The molecular formula is C13H13N5O3. The highest BCUT2D eigenvalue weighted by molar-refractivity contribution is 5.49. The Morgan fingerprint density at radius 1 is 1.57 bits per heavy atom.